The first-order valence-corrected chi connectivity index (χ1v) is 6.53. The van der Waals surface area contributed by atoms with E-state index in [2.05, 4.69) is 6.07 Å². The first kappa shape index (κ1) is 12.5. The molecule has 0 unspecified atom stereocenters. The minimum atomic E-state index is -0.864. The van der Waals surface area contributed by atoms with Crippen LogP contribution in [0, 0.1) is 6.92 Å². The van der Waals surface area contributed by atoms with Crippen LogP contribution in [0.25, 0.3) is 0 Å². The summed E-state index contributed by atoms with van der Waals surface area (Å²) in [5.41, 5.74) is 4.62. The van der Waals surface area contributed by atoms with Crippen LogP contribution in [-0.2, 0) is 11.2 Å². The zero-order valence-electron chi connectivity index (χ0n) is 11.2. The molecule has 0 spiro atoms. The first-order chi connectivity index (χ1) is 9.65. The van der Waals surface area contributed by atoms with Gasteiger partial charge in [0, 0.05) is 24.0 Å². The number of hydrogen-bond donors (Lipinski definition) is 1. The molecule has 20 heavy (non-hydrogen) atoms. The summed E-state index contributed by atoms with van der Waals surface area (Å²) in [6, 6.07) is 16.0. The molecule has 3 nitrogen and oxygen atoms in total. The van der Waals surface area contributed by atoms with Crippen LogP contribution in [0.4, 0.5) is 11.4 Å². The third-order valence-electron chi connectivity index (χ3n) is 3.47. The maximum atomic E-state index is 11.3. The van der Waals surface area contributed by atoms with Crippen molar-refractivity contribution in [2.45, 2.75) is 13.3 Å². The lowest BCUT2D eigenvalue weighted by molar-refractivity contribution is -0.132. The normalized spacial score (nSPS) is 13.7. The van der Waals surface area contributed by atoms with Gasteiger partial charge in [0.05, 0.1) is 5.57 Å². The summed E-state index contributed by atoms with van der Waals surface area (Å²) in [4.78, 5) is 13.3. The van der Waals surface area contributed by atoms with Gasteiger partial charge in [-0.15, -0.1) is 0 Å². The van der Waals surface area contributed by atoms with Gasteiger partial charge in [-0.2, -0.15) is 0 Å². The highest BCUT2D eigenvalue weighted by Crippen LogP contribution is 2.35. The van der Waals surface area contributed by atoms with Gasteiger partial charge in [-0.1, -0.05) is 30.3 Å². The molecule has 0 saturated carbocycles. The molecule has 0 saturated heterocycles. The van der Waals surface area contributed by atoms with Gasteiger partial charge in [-0.25, -0.2) is 4.79 Å². The molecule has 1 aliphatic rings. The second-order valence-electron chi connectivity index (χ2n) is 4.97. The minimum Gasteiger partial charge on any atom is -0.478 e. The molecule has 3 heteroatoms. The molecule has 100 valence electrons. The average Bonchev–Trinajstić information content (AvgIpc) is 2.46. The van der Waals surface area contributed by atoms with Crippen LogP contribution >= 0.6 is 0 Å². The van der Waals surface area contributed by atoms with Crippen molar-refractivity contribution in [1.29, 1.82) is 0 Å². The van der Waals surface area contributed by atoms with Gasteiger partial charge in [-0.3, -0.25) is 0 Å². The van der Waals surface area contributed by atoms with E-state index in [1.807, 2.05) is 54.3 Å². The number of aryl methyl sites for hydroxylation is 1. The van der Waals surface area contributed by atoms with Gasteiger partial charge in [0.1, 0.15) is 0 Å². The van der Waals surface area contributed by atoms with Crippen molar-refractivity contribution in [3.8, 4) is 0 Å². The molecule has 0 aromatic heterocycles. The lowest BCUT2D eigenvalue weighted by atomic mass is 9.99. The summed E-state index contributed by atoms with van der Waals surface area (Å²) in [5, 5.41) is 9.29. The maximum Gasteiger partial charge on any atom is 0.333 e. The van der Waals surface area contributed by atoms with Crippen molar-refractivity contribution >= 4 is 17.3 Å². The number of nitrogens with zero attached hydrogens (tertiary/aromatic N) is 1. The Bertz CT molecular complexity index is 704. The van der Waals surface area contributed by atoms with Gasteiger partial charge in [0.15, 0.2) is 0 Å². The third-order valence-corrected chi connectivity index (χ3v) is 3.47. The Morgan fingerprint density at radius 1 is 1.15 bits per heavy atom. The number of carbonyl (C=O) groups is 1. The van der Waals surface area contributed by atoms with E-state index in [9.17, 15) is 9.90 Å². The second-order valence-corrected chi connectivity index (χ2v) is 4.97. The molecule has 1 N–H and O–H groups in total. The summed E-state index contributed by atoms with van der Waals surface area (Å²) in [6.45, 7) is 2.03. The molecule has 1 heterocycles. The van der Waals surface area contributed by atoms with Crippen LogP contribution in [0.5, 0.6) is 0 Å². The van der Waals surface area contributed by atoms with Crippen molar-refractivity contribution in [2.75, 3.05) is 4.90 Å². The summed E-state index contributed by atoms with van der Waals surface area (Å²) >= 11 is 0. The molecule has 3 rings (SSSR count). The van der Waals surface area contributed by atoms with Crippen molar-refractivity contribution in [1.82, 2.24) is 0 Å². The van der Waals surface area contributed by atoms with E-state index in [-0.39, 0.29) is 0 Å². The van der Waals surface area contributed by atoms with Gasteiger partial charge in [0.2, 0.25) is 0 Å². The molecular formula is C17H15NO2. The molecule has 0 fully saturated rings. The average molecular weight is 265 g/mol. The van der Waals surface area contributed by atoms with E-state index >= 15 is 0 Å². The quantitative estimate of drug-likeness (QED) is 0.900. The Hall–Kier alpha value is -2.55. The zero-order chi connectivity index (χ0) is 14.1. The number of benzene rings is 2. The number of carboxylic acids is 1. The minimum absolute atomic E-state index is 0.408. The summed E-state index contributed by atoms with van der Waals surface area (Å²) in [5.74, 6) is -0.864. The molecule has 1 aliphatic heterocycles. The predicted octanol–water partition coefficient (Wildman–Crippen LogP) is 3.66. The maximum absolute atomic E-state index is 11.3. The number of carboxylic acid groups (broad SMARTS) is 1. The molecule has 0 bridgehead atoms. The topological polar surface area (TPSA) is 40.5 Å². The number of anilines is 2. The lowest BCUT2D eigenvalue weighted by Gasteiger charge is -2.28. The number of rotatable bonds is 2. The molecule has 0 radical (unpaired) electrons. The molecule has 0 atom stereocenters. The molecule has 0 aliphatic carbocycles. The fourth-order valence-electron chi connectivity index (χ4n) is 2.49. The molecule has 2 aromatic rings. The Labute approximate surface area is 117 Å². The summed E-state index contributed by atoms with van der Waals surface area (Å²) < 4.78 is 0. The summed E-state index contributed by atoms with van der Waals surface area (Å²) in [6.07, 6.45) is 2.19. The first-order valence-electron chi connectivity index (χ1n) is 6.53. The van der Waals surface area contributed by atoms with Crippen molar-refractivity contribution in [3.05, 3.63) is 71.4 Å². The number of aliphatic carboxylic acids is 1. The fourth-order valence-corrected chi connectivity index (χ4v) is 2.49. The highest BCUT2D eigenvalue weighted by atomic mass is 16.4. The highest BCUT2D eigenvalue weighted by Gasteiger charge is 2.21. The van der Waals surface area contributed by atoms with Crippen LogP contribution in [0.3, 0.4) is 0 Å². The van der Waals surface area contributed by atoms with Gasteiger partial charge < -0.3 is 10.0 Å². The Balaban J connectivity index is 2.14. The number of fused-ring (bicyclic) bond motifs is 1. The van der Waals surface area contributed by atoms with E-state index in [0.717, 1.165) is 22.5 Å². The van der Waals surface area contributed by atoms with E-state index < -0.39 is 5.97 Å². The van der Waals surface area contributed by atoms with E-state index in [1.54, 1.807) is 6.20 Å². The van der Waals surface area contributed by atoms with Crippen molar-refractivity contribution in [2.24, 2.45) is 0 Å². The standard InChI is InChI=1S/C17H15NO2/c1-12-5-4-7-15(9-12)18-11-14(17(19)20)10-13-6-2-3-8-16(13)18/h2-9,11H,10H2,1H3,(H,19,20). The summed E-state index contributed by atoms with van der Waals surface area (Å²) in [7, 11) is 0. The largest absolute Gasteiger partial charge is 0.478 e. The smallest absolute Gasteiger partial charge is 0.333 e. The van der Waals surface area contributed by atoms with E-state index in [1.165, 1.54) is 0 Å². The van der Waals surface area contributed by atoms with Crippen LogP contribution in [0.15, 0.2) is 60.3 Å². The SMILES string of the molecule is Cc1cccc(N2C=C(C(=O)O)Cc3ccccc32)c1. The molecule has 0 amide bonds. The van der Waals surface area contributed by atoms with Crippen LogP contribution in [-0.4, -0.2) is 11.1 Å². The van der Waals surface area contributed by atoms with Crippen molar-refractivity contribution in [3.63, 3.8) is 0 Å². The van der Waals surface area contributed by atoms with Gasteiger partial charge >= 0.3 is 5.97 Å². The van der Waals surface area contributed by atoms with Crippen LogP contribution in [0.1, 0.15) is 11.1 Å². The van der Waals surface area contributed by atoms with Gasteiger partial charge in [0.25, 0.3) is 0 Å². The van der Waals surface area contributed by atoms with E-state index in [0.29, 0.717) is 12.0 Å². The lowest BCUT2D eigenvalue weighted by Crippen LogP contribution is -2.20. The predicted molar refractivity (Wildman–Crippen MR) is 79.2 cm³/mol. The van der Waals surface area contributed by atoms with Crippen molar-refractivity contribution < 1.29 is 9.90 Å². The van der Waals surface area contributed by atoms with Crippen LogP contribution < -0.4 is 4.90 Å². The Morgan fingerprint density at radius 3 is 2.70 bits per heavy atom. The molecular weight excluding hydrogens is 250 g/mol. The monoisotopic (exact) mass is 265 g/mol. The van der Waals surface area contributed by atoms with Gasteiger partial charge in [-0.05, 0) is 36.2 Å². The third kappa shape index (κ3) is 2.18. The Morgan fingerprint density at radius 2 is 1.95 bits per heavy atom. The number of hydrogen-bond acceptors (Lipinski definition) is 2. The highest BCUT2D eigenvalue weighted by molar-refractivity contribution is 5.90. The molecule has 2 aromatic carbocycles. The zero-order valence-corrected chi connectivity index (χ0v) is 11.2. The second kappa shape index (κ2) is 4.85. The Kier molecular flexibility index (Phi) is 3.03. The fraction of sp³-hybridized carbons (Fsp3) is 0.118. The number of para-hydroxylation sites is 1. The van der Waals surface area contributed by atoms with E-state index in [4.69, 9.17) is 0 Å². The van der Waals surface area contributed by atoms with Crippen LogP contribution in [0.2, 0.25) is 0 Å².